The monoisotopic (exact) mass is 360 g/mol. The van der Waals surface area contributed by atoms with Crippen molar-refractivity contribution in [3.05, 3.63) is 53.3 Å². The van der Waals surface area contributed by atoms with Crippen molar-refractivity contribution in [2.45, 2.75) is 6.67 Å². The Balaban J connectivity index is 1.41. The molecule has 0 aliphatic carbocycles. The van der Waals surface area contributed by atoms with Crippen LogP contribution in [-0.4, -0.2) is 40.9 Å². The lowest BCUT2D eigenvalue weighted by molar-refractivity contribution is 0.192. The third-order valence-corrected chi connectivity index (χ3v) is 4.53. The van der Waals surface area contributed by atoms with Gasteiger partial charge in [0.25, 0.3) is 10.7 Å². The number of hydrogen-bond donors (Lipinski definition) is 0. The van der Waals surface area contributed by atoms with E-state index < -0.39 is 0 Å². The average Bonchev–Trinajstić information content (AvgIpc) is 3.27. The van der Waals surface area contributed by atoms with Crippen LogP contribution in [0.4, 0.5) is 10.1 Å². The van der Waals surface area contributed by atoms with Gasteiger partial charge in [-0.1, -0.05) is 12.1 Å². The summed E-state index contributed by atoms with van der Waals surface area (Å²) in [5, 5.41) is 4.37. The molecule has 1 aromatic carbocycles. The third kappa shape index (κ3) is 3.35. The number of anilines is 1. The summed E-state index contributed by atoms with van der Waals surface area (Å²) in [6, 6.07) is 10.4. The number of rotatable bonds is 4. The molecule has 3 heterocycles. The molecule has 1 aliphatic rings. The standard InChI is InChI=1S/C17H17FN4O2S/c18-13-4-1-2-5-14(13)21-9-7-20(8-10-21)12-22-17(25)24-16(19-22)15-6-3-11-23-15/h1-6,11H,7-10,12H2. The first-order chi connectivity index (χ1) is 12.2. The second kappa shape index (κ2) is 6.81. The van der Waals surface area contributed by atoms with Gasteiger partial charge in [0.15, 0.2) is 5.76 Å². The van der Waals surface area contributed by atoms with Gasteiger partial charge in [0.2, 0.25) is 0 Å². The van der Waals surface area contributed by atoms with E-state index in [0.29, 0.717) is 28.8 Å². The number of nitrogens with zero attached hydrogens (tertiary/aromatic N) is 4. The Labute approximate surface area is 149 Å². The number of hydrogen-bond acceptors (Lipinski definition) is 6. The highest BCUT2D eigenvalue weighted by atomic mass is 32.1. The largest absolute Gasteiger partial charge is 0.459 e. The molecule has 1 saturated heterocycles. The molecule has 0 atom stereocenters. The fourth-order valence-electron chi connectivity index (χ4n) is 2.92. The Morgan fingerprint density at radius 3 is 2.60 bits per heavy atom. The maximum absolute atomic E-state index is 13.9. The van der Waals surface area contributed by atoms with Crippen LogP contribution >= 0.6 is 12.2 Å². The van der Waals surface area contributed by atoms with Gasteiger partial charge in [0.05, 0.1) is 18.6 Å². The summed E-state index contributed by atoms with van der Waals surface area (Å²) in [4.78, 5) is 4.58. The van der Waals surface area contributed by atoms with Crippen molar-refractivity contribution in [2.75, 3.05) is 31.1 Å². The maximum Gasteiger partial charge on any atom is 0.288 e. The molecule has 6 nitrogen and oxygen atoms in total. The molecule has 0 saturated carbocycles. The molecule has 25 heavy (non-hydrogen) atoms. The number of piperazine rings is 1. The highest BCUT2D eigenvalue weighted by molar-refractivity contribution is 7.71. The predicted octanol–water partition coefficient (Wildman–Crippen LogP) is 3.38. The van der Waals surface area contributed by atoms with Gasteiger partial charge in [-0.25, -0.2) is 9.07 Å². The molecular weight excluding hydrogens is 343 g/mol. The zero-order chi connectivity index (χ0) is 17.2. The minimum Gasteiger partial charge on any atom is -0.459 e. The molecule has 2 aromatic heterocycles. The Bertz CT molecular complexity index is 898. The van der Waals surface area contributed by atoms with Crippen LogP contribution in [0.5, 0.6) is 0 Å². The van der Waals surface area contributed by atoms with Gasteiger partial charge in [-0.3, -0.25) is 4.90 Å². The third-order valence-electron chi connectivity index (χ3n) is 4.24. The Morgan fingerprint density at radius 1 is 1.08 bits per heavy atom. The molecule has 8 heteroatoms. The molecular formula is C17H17FN4O2S. The summed E-state index contributed by atoms with van der Waals surface area (Å²) in [5.41, 5.74) is 0.653. The van der Waals surface area contributed by atoms with E-state index in [9.17, 15) is 4.39 Å². The van der Waals surface area contributed by atoms with Gasteiger partial charge in [0.1, 0.15) is 5.82 Å². The Hall–Kier alpha value is -2.45. The summed E-state index contributed by atoms with van der Waals surface area (Å²) < 4.78 is 26.3. The lowest BCUT2D eigenvalue weighted by Gasteiger charge is -2.35. The van der Waals surface area contributed by atoms with Crippen LogP contribution in [0.3, 0.4) is 0 Å². The Kier molecular flexibility index (Phi) is 4.37. The summed E-state index contributed by atoms with van der Waals surface area (Å²) in [5.74, 6) is 0.743. The van der Waals surface area contributed by atoms with E-state index in [4.69, 9.17) is 21.1 Å². The summed E-state index contributed by atoms with van der Waals surface area (Å²) in [6.45, 7) is 3.61. The van der Waals surface area contributed by atoms with Crippen LogP contribution in [0.1, 0.15) is 0 Å². The second-order valence-electron chi connectivity index (χ2n) is 5.85. The van der Waals surface area contributed by atoms with Gasteiger partial charge in [-0.05, 0) is 36.5 Å². The molecule has 1 fully saturated rings. The smallest absolute Gasteiger partial charge is 0.288 e. The van der Waals surface area contributed by atoms with Crippen molar-refractivity contribution in [3.8, 4) is 11.7 Å². The molecule has 0 radical (unpaired) electrons. The van der Waals surface area contributed by atoms with Gasteiger partial charge in [0, 0.05) is 26.2 Å². The highest BCUT2D eigenvalue weighted by Gasteiger charge is 2.20. The van der Waals surface area contributed by atoms with Crippen LogP contribution in [0, 0.1) is 10.7 Å². The maximum atomic E-state index is 13.9. The fraction of sp³-hybridized carbons (Fsp3) is 0.294. The summed E-state index contributed by atoms with van der Waals surface area (Å²) in [7, 11) is 0. The van der Waals surface area contributed by atoms with Crippen molar-refractivity contribution in [3.63, 3.8) is 0 Å². The predicted molar refractivity (Wildman–Crippen MR) is 93.2 cm³/mol. The van der Waals surface area contributed by atoms with Crippen LogP contribution in [0.25, 0.3) is 11.7 Å². The second-order valence-corrected chi connectivity index (χ2v) is 6.20. The normalized spacial score (nSPS) is 15.6. The number of para-hydroxylation sites is 1. The number of furan rings is 1. The summed E-state index contributed by atoms with van der Waals surface area (Å²) in [6.07, 6.45) is 1.56. The minimum absolute atomic E-state index is 0.183. The molecule has 3 aromatic rings. The van der Waals surface area contributed by atoms with Crippen molar-refractivity contribution in [1.29, 1.82) is 0 Å². The number of aromatic nitrogens is 2. The van der Waals surface area contributed by atoms with Gasteiger partial charge >= 0.3 is 0 Å². The van der Waals surface area contributed by atoms with Gasteiger partial charge < -0.3 is 13.7 Å². The zero-order valence-corrected chi connectivity index (χ0v) is 14.3. The quantitative estimate of drug-likeness (QED) is 0.665. The first-order valence-electron chi connectivity index (χ1n) is 8.04. The lowest BCUT2D eigenvalue weighted by atomic mass is 10.2. The zero-order valence-electron chi connectivity index (χ0n) is 13.5. The molecule has 0 amide bonds. The molecule has 1 aliphatic heterocycles. The van der Waals surface area contributed by atoms with Crippen molar-refractivity contribution < 1.29 is 13.2 Å². The fourth-order valence-corrected chi connectivity index (χ4v) is 3.10. The van der Waals surface area contributed by atoms with Crippen molar-refractivity contribution in [1.82, 2.24) is 14.7 Å². The number of halogens is 1. The summed E-state index contributed by atoms with van der Waals surface area (Å²) >= 11 is 5.24. The van der Waals surface area contributed by atoms with Crippen LogP contribution < -0.4 is 4.90 Å². The minimum atomic E-state index is -0.183. The topological polar surface area (TPSA) is 50.6 Å². The molecule has 0 spiro atoms. The molecule has 0 N–H and O–H groups in total. The van der Waals surface area contributed by atoms with Gasteiger partial charge in [-0.15, -0.1) is 5.10 Å². The van der Waals surface area contributed by atoms with Crippen LogP contribution in [0.2, 0.25) is 0 Å². The molecule has 4 rings (SSSR count). The van der Waals surface area contributed by atoms with E-state index in [1.807, 2.05) is 12.1 Å². The van der Waals surface area contributed by atoms with E-state index >= 15 is 0 Å². The average molecular weight is 360 g/mol. The van der Waals surface area contributed by atoms with E-state index in [1.54, 1.807) is 29.1 Å². The van der Waals surface area contributed by atoms with Crippen LogP contribution in [0.15, 0.2) is 51.5 Å². The Morgan fingerprint density at radius 2 is 1.88 bits per heavy atom. The van der Waals surface area contributed by atoms with E-state index in [2.05, 4.69) is 14.9 Å². The van der Waals surface area contributed by atoms with Crippen molar-refractivity contribution in [2.24, 2.45) is 0 Å². The van der Waals surface area contributed by atoms with E-state index in [1.165, 1.54) is 6.07 Å². The molecule has 0 bridgehead atoms. The van der Waals surface area contributed by atoms with E-state index in [0.717, 1.165) is 26.2 Å². The first-order valence-corrected chi connectivity index (χ1v) is 8.45. The molecule has 0 unspecified atom stereocenters. The highest BCUT2D eigenvalue weighted by Crippen LogP contribution is 2.21. The van der Waals surface area contributed by atoms with Gasteiger partial charge in [-0.2, -0.15) is 0 Å². The number of benzene rings is 1. The lowest BCUT2D eigenvalue weighted by Crippen LogP contribution is -2.47. The van der Waals surface area contributed by atoms with Crippen LogP contribution in [-0.2, 0) is 6.67 Å². The molecule has 130 valence electrons. The first kappa shape index (κ1) is 16.0. The van der Waals surface area contributed by atoms with E-state index in [-0.39, 0.29) is 5.82 Å². The SMILES string of the molecule is Fc1ccccc1N1CCN(Cn2nc(-c3ccco3)oc2=S)CC1. The van der Waals surface area contributed by atoms with Crippen molar-refractivity contribution >= 4 is 17.9 Å².